The Morgan fingerprint density at radius 2 is 2.50 bits per heavy atom. The van der Waals surface area contributed by atoms with Crippen LogP contribution in [-0.2, 0) is 23.0 Å². The lowest BCUT2D eigenvalue weighted by molar-refractivity contribution is -0.139. The van der Waals surface area contributed by atoms with Crippen molar-refractivity contribution in [3.05, 3.63) is 12.2 Å². The van der Waals surface area contributed by atoms with Crippen molar-refractivity contribution >= 4 is 5.97 Å². The number of esters is 1. The van der Waals surface area contributed by atoms with E-state index in [1.54, 1.807) is 11.0 Å². The van der Waals surface area contributed by atoms with Crippen LogP contribution in [0.3, 0.4) is 0 Å². The lowest BCUT2D eigenvalue weighted by Crippen LogP contribution is -2.26. The van der Waals surface area contributed by atoms with Gasteiger partial charge in [-0.15, -0.1) is 0 Å². The Hall–Kier alpha value is -1.43. The van der Waals surface area contributed by atoms with Gasteiger partial charge in [-0.25, -0.2) is 4.98 Å². The molecule has 1 aromatic rings. The van der Waals surface area contributed by atoms with Gasteiger partial charge >= 0.3 is 5.97 Å². The van der Waals surface area contributed by atoms with E-state index in [0.717, 1.165) is 5.82 Å². The molecule has 6 heteroatoms. The van der Waals surface area contributed by atoms with Crippen molar-refractivity contribution in [2.75, 3.05) is 20.2 Å². The molecule has 78 valence electrons. The summed E-state index contributed by atoms with van der Waals surface area (Å²) in [4.78, 5) is 14.8. The van der Waals surface area contributed by atoms with Gasteiger partial charge in [0.15, 0.2) is 5.82 Å². The molecule has 0 amide bonds. The largest absolute Gasteiger partial charge is 0.468 e. The molecule has 0 spiro atoms. The van der Waals surface area contributed by atoms with Crippen LogP contribution in [0.5, 0.6) is 0 Å². The first-order valence-electron chi connectivity index (χ1n) is 4.34. The first-order chi connectivity index (χ1) is 6.72. The van der Waals surface area contributed by atoms with Crippen molar-refractivity contribution in [3.63, 3.8) is 0 Å². The molecule has 0 aromatic carbocycles. The number of rotatable bonds is 5. The van der Waals surface area contributed by atoms with Crippen LogP contribution in [-0.4, -0.2) is 40.9 Å². The molecule has 0 aliphatic carbocycles. The van der Waals surface area contributed by atoms with Crippen LogP contribution in [0, 0.1) is 0 Å². The Kier molecular flexibility index (Phi) is 4.06. The highest BCUT2D eigenvalue weighted by Crippen LogP contribution is 1.87. The minimum absolute atomic E-state index is 0.226. The molecule has 0 bridgehead atoms. The maximum atomic E-state index is 10.7. The zero-order valence-electron chi connectivity index (χ0n) is 8.36. The monoisotopic (exact) mass is 198 g/mol. The normalized spacial score (nSPS) is 10.1. The highest BCUT2D eigenvalue weighted by Gasteiger charge is 2.00. The summed E-state index contributed by atoms with van der Waals surface area (Å²) in [6.07, 6.45) is 2.35. The van der Waals surface area contributed by atoms with E-state index in [9.17, 15) is 4.79 Å². The molecule has 1 aromatic heterocycles. The number of methoxy groups -OCH3 is 1. The van der Waals surface area contributed by atoms with E-state index in [-0.39, 0.29) is 12.5 Å². The fraction of sp³-hybridized carbons (Fsp3) is 0.625. The van der Waals surface area contributed by atoms with E-state index in [1.807, 2.05) is 7.05 Å². The predicted octanol–water partition coefficient (Wildman–Crippen LogP) is -0.880. The van der Waals surface area contributed by atoms with Crippen molar-refractivity contribution < 1.29 is 9.53 Å². The third-order valence-electron chi connectivity index (χ3n) is 1.67. The minimum Gasteiger partial charge on any atom is -0.468 e. The zero-order valence-corrected chi connectivity index (χ0v) is 8.36. The Labute approximate surface area is 82.3 Å². The SMILES string of the molecule is COC(=O)CNCCc1ncn(C)n1. The molecule has 0 unspecified atom stereocenters. The van der Waals surface area contributed by atoms with Crippen LogP contribution in [0.15, 0.2) is 6.33 Å². The maximum absolute atomic E-state index is 10.7. The average molecular weight is 198 g/mol. The molecule has 0 aliphatic rings. The van der Waals surface area contributed by atoms with E-state index in [1.165, 1.54) is 7.11 Å². The Balaban J connectivity index is 2.13. The number of carbonyl (C=O) groups is 1. The van der Waals surface area contributed by atoms with Gasteiger partial charge in [0.2, 0.25) is 0 Å². The third-order valence-corrected chi connectivity index (χ3v) is 1.67. The Morgan fingerprint density at radius 3 is 3.07 bits per heavy atom. The molecule has 0 radical (unpaired) electrons. The van der Waals surface area contributed by atoms with Crippen molar-refractivity contribution in [1.29, 1.82) is 0 Å². The van der Waals surface area contributed by atoms with Gasteiger partial charge in [0.25, 0.3) is 0 Å². The number of nitrogens with zero attached hydrogens (tertiary/aromatic N) is 3. The number of nitrogens with one attached hydrogen (secondary N) is 1. The number of aryl methyl sites for hydroxylation is 1. The summed E-state index contributed by atoms with van der Waals surface area (Å²) in [5.41, 5.74) is 0. The van der Waals surface area contributed by atoms with Crippen LogP contribution < -0.4 is 5.32 Å². The van der Waals surface area contributed by atoms with Gasteiger partial charge in [-0.1, -0.05) is 0 Å². The summed E-state index contributed by atoms with van der Waals surface area (Å²) in [6, 6.07) is 0. The zero-order chi connectivity index (χ0) is 10.4. The Morgan fingerprint density at radius 1 is 1.71 bits per heavy atom. The minimum atomic E-state index is -0.265. The van der Waals surface area contributed by atoms with Crippen molar-refractivity contribution in [2.24, 2.45) is 7.05 Å². The lowest BCUT2D eigenvalue weighted by Gasteiger charge is -2.00. The predicted molar refractivity (Wildman–Crippen MR) is 49.6 cm³/mol. The van der Waals surface area contributed by atoms with Gasteiger partial charge in [0.1, 0.15) is 6.33 Å². The molecule has 0 atom stereocenters. The summed E-state index contributed by atoms with van der Waals surface area (Å²) in [5.74, 6) is 0.504. The maximum Gasteiger partial charge on any atom is 0.319 e. The van der Waals surface area contributed by atoms with Gasteiger partial charge in [-0.2, -0.15) is 5.10 Å². The second kappa shape index (κ2) is 5.33. The summed E-state index contributed by atoms with van der Waals surface area (Å²) >= 11 is 0. The number of carbonyl (C=O) groups excluding carboxylic acids is 1. The molecule has 1 N–H and O–H groups in total. The molecule has 1 rings (SSSR count). The molecule has 14 heavy (non-hydrogen) atoms. The molecular weight excluding hydrogens is 184 g/mol. The molecule has 0 saturated heterocycles. The topological polar surface area (TPSA) is 69.0 Å². The quantitative estimate of drug-likeness (QED) is 0.491. The van der Waals surface area contributed by atoms with Gasteiger partial charge < -0.3 is 10.1 Å². The lowest BCUT2D eigenvalue weighted by atomic mass is 10.4. The first-order valence-corrected chi connectivity index (χ1v) is 4.34. The van der Waals surface area contributed by atoms with Crippen LogP contribution in [0.25, 0.3) is 0 Å². The van der Waals surface area contributed by atoms with E-state index >= 15 is 0 Å². The van der Waals surface area contributed by atoms with Gasteiger partial charge in [-0.3, -0.25) is 9.48 Å². The smallest absolute Gasteiger partial charge is 0.319 e. The van der Waals surface area contributed by atoms with Gasteiger partial charge in [0.05, 0.1) is 13.7 Å². The summed E-state index contributed by atoms with van der Waals surface area (Å²) in [5, 5.41) is 7.03. The van der Waals surface area contributed by atoms with E-state index in [2.05, 4.69) is 20.1 Å². The second-order valence-corrected chi connectivity index (χ2v) is 2.84. The number of hydrogen-bond donors (Lipinski definition) is 1. The van der Waals surface area contributed by atoms with Gasteiger partial charge in [-0.05, 0) is 0 Å². The third kappa shape index (κ3) is 3.53. The average Bonchev–Trinajstić information content (AvgIpc) is 2.58. The molecular formula is C8H14N4O2. The number of ether oxygens (including phenoxy) is 1. The standard InChI is InChI=1S/C8H14N4O2/c1-12-6-10-7(11-12)3-4-9-5-8(13)14-2/h6,9H,3-5H2,1-2H3. The summed E-state index contributed by atoms with van der Waals surface area (Å²) in [6.45, 7) is 0.891. The molecule has 1 heterocycles. The molecule has 0 saturated carbocycles. The van der Waals surface area contributed by atoms with E-state index < -0.39 is 0 Å². The van der Waals surface area contributed by atoms with Crippen molar-refractivity contribution in [3.8, 4) is 0 Å². The fourth-order valence-corrected chi connectivity index (χ4v) is 0.961. The molecule has 6 nitrogen and oxygen atoms in total. The van der Waals surface area contributed by atoms with Crippen molar-refractivity contribution in [2.45, 2.75) is 6.42 Å². The van der Waals surface area contributed by atoms with E-state index in [0.29, 0.717) is 13.0 Å². The number of aromatic nitrogens is 3. The highest BCUT2D eigenvalue weighted by atomic mass is 16.5. The summed E-state index contributed by atoms with van der Waals surface area (Å²) < 4.78 is 6.12. The van der Waals surface area contributed by atoms with Gasteiger partial charge in [0, 0.05) is 20.0 Å². The van der Waals surface area contributed by atoms with Crippen LogP contribution in [0.1, 0.15) is 5.82 Å². The van der Waals surface area contributed by atoms with E-state index in [4.69, 9.17) is 0 Å². The molecule has 0 fully saturated rings. The van der Waals surface area contributed by atoms with Crippen LogP contribution >= 0.6 is 0 Å². The number of hydrogen-bond acceptors (Lipinski definition) is 5. The van der Waals surface area contributed by atoms with Crippen LogP contribution in [0.4, 0.5) is 0 Å². The van der Waals surface area contributed by atoms with Crippen molar-refractivity contribution in [1.82, 2.24) is 20.1 Å². The first kappa shape index (κ1) is 10.6. The second-order valence-electron chi connectivity index (χ2n) is 2.84. The van der Waals surface area contributed by atoms with Crippen LogP contribution in [0.2, 0.25) is 0 Å². The Bertz CT molecular complexity index is 297. The fourth-order valence-electron chi connectivity index (χ4n) is 0.961. The molecule has 0 aliphatic heterocycles. The highest BCUT2D eigenvalue weighted by molar-refractivity contribution is 5.71. The summed E-state index contributed by atoms with van der Waals surface area (Å²) in [7, 11) is 3.18.